The molecule has 0 saturated carbocycles. The van der Waals surface area contributed by atoms with Crippen molar-refractivity contribution in [1.82, 2.24) is 9.97 Å². The first-order valence-corrected chi connectivity index (χ1v) is 8.53. The van der Waals surface area contributed by atoms with Crippen LogP contribution in [0.25, 0.3) is 0 Å². The molecule has 0 bridgehead atoms. The molecule has 0 saturated heterocycles. The number of hydrogen-bond donors (Lipinski definition) is 1. The van der Waals surface area contributed by atoms with Crippen molar-refractivity contribution in [3.05, 3.63) is 35.0 Å². The van der Waals surface area contributed by atoms with Gasteiger partial charge in [-0.3, -0.25) is 0 Å². The van der Waals surface area contributed by atoms with Gasteiger partial charge in [-0.25, -0.2) is 9.78 Å². The molecule has 0 amide bonds. The Balaban J connectivity index is 2.14. The number of benzene rings is 1. The van der Waals surface area contributed by atoms with Crippen LogP contribution in [0.1, 0.15) is 29.7 Å². The van der Waals surface area contributed by atoms with E-state index in [9.17, 15) is 9.90 Å². The van der Waals surface area contributed by atoms with E-state index in [2.05, 4.69) is 9.97 Å². The minimum atomic E-state index is -0.938. The zero-order valence-electron chi connectivity index (χ0n) is 16.0. The van der Waals surface area contributed by atoms with Gasteiger partial charge in [-0.1, -0.05) is 6.92 Å². The fourth-order valence-corrected chi connectivity index (χ4v) is 3.52. The number of ether oxygens (including phenoxy) is 3. The third-order valence-corrected chi connectivity index (χ3v) is 4.82. The molecular formula is C19H23N3O5. The minimum Gasteiger partial charge on any atom is -0.493 e. The Labute approximate surface area is 157 Å². The van der Waals surface area contributed by atoms with E-state index in [1.54, 1.807) is 25.2 Å². The first-order valence-electron chi connectivity index (χ1n) is 8.53. The maximum absolute atomic E-state index is 12.1. The first kappa shape index (κ1) is 18.8. The Hall–Kier alpha value is -3.03. The Kier molecular flexibility index (Phi) is 5.07. The van der Waals surface area contributed by atoms with E-state index < -0.39 is 12.0 Å². The summed E-state index contributed by atoms with van der Waals surface area (Å²) in [6, 6.07) is 4.61. The van der Waals surface area contributed by atoms with E-state index in [4.69, 9.17) is 14.2 Å². The molecule has 2 heterocycles. The number of aliphatic carboxylic acids is 1. The predicted molar refractivity (Wildman–Crippen MR) is 98.9 cm³/mol. The molecule has 0 aliphatic carbocycles. The Morgan fingerprint density at radius 3 is 2.37 bits per heavy atom. The topological polar surface area (TPSA) is 94.0 Å². The van der Waals surface area contributed by atoms with Crippen LogP contribution in [-0.2, 0) is 11.3 Å². The molecule has 3 rings (SSSR count). The summed E-state index contributed by atoms with van der Waals surface area (Å²) in [4.78, 5) is 22.6. The van der Waals surface area contributed by atoms with E-state index in [1.807, 2.05) is 26.0 Å². The summed E-state index contributed by atoms with van der Waals surface area (Å²) in [5.74, 6) is 0.654. The van der Waals surface area contributed by atoms with Crippen molar-refractivity contribution < 1.29 is 24.1 Å². The standard InChI is InChI=1S/C19H23N3O5/c1-10-6-16(27-5)21-19(20-10)22-9-12-7-14(25-3)15(26-4)8-13(12)11(2)17(22)18(23)24/h6-8,11,17H,9H2,1-5H3,(H,23,24). The van der Waals surface area contributed by atoms with E-state index in [-0.39, 0.29) is 5.92 Å². The average Bonchev–Trinajstić information content (AvgIpc) is 2.65. The number of hydrogen-bond acceptors (Lipinski definition) is 7. The lowest BCUT2D eigenvalue weighted by Gasteiger charge is -2.39. The van der Waals surface area contributed by atoms with Gasteiger partial charge in [0.25, 0.3) is 0 Å². The van der Waals surface area contributed by atoms with Crippen molar-refractivity contribution in [3.8, 4) is 17.4 Å². The normalized spacial score (nSPS) is 18.6. The summed E-state index contributed by atoms with van der Waals surface area (Å²) in [6.45, 7) is 4.03. The molecule has 2 unspecified atom stereocenters. The van der Waals surface area contributed by atoms with E-state index in [1.165, 1.54) is 7.11 Å². The van der Waals surface area contributed by atoms with Gasteiger partial charge >= 0.3 is 5.97 Å². The highest BCUT2D eigenvalue weighted by Crippen LogP contribution is 2.41. The molecule has 27 heavy (non-hydrogen) atoms. The van der Waals surface area contributed by atoms with Gasteiger partial charge in [-0.2, -0.15) is 4.98 Å². The van der Waals surface area contributed by atoms with Crippen LogP contribution in [0.4, 0.5) is 5.95 Å². The van der Waals surface area contributed by atoms with Gasteiger partial charge in [0.05, 0.1) is 21.3 Å². The highest BCUT2D eigenvalue weighted by atomic mass is 16.5. The van der Waals surface area contributed by atoms with E-state index in [0.717, 1.165) is 11.1 Å². The molecule has 1 aromatic carbocycles. The summed E-state index contributed by atoms with van der Waals surface area (Å²) in [6.07, 6.45) is 0. The molecule has 1 aliphatic rings. The summed E-state index contributed by atoms with van der Waals surface area (Å²) in [5, 5.41) is 9.90. The Bertz CT molecular complexity index is 871. The van der Waals surface area contributed by atoms with Gasteiger partial charge in [-0.15, -0.1) is 0 Å². The smallest absolute Gasteiger partial charge is 0.327 e. The van der Waals surface area contributed by atoms with Gasteiger partial charge in [0.2, 0.25) is 11.8 Å². The summed E-state index contributed by atoms with van der Waals surface area (Å²) in [5.41, 5.74) is 2.56. The zero-order valence-corrected chi connectivity index (χ0v) is 16.0. The zero-order chi connectivity index (χ0) is 19.7. The molecule has 2 atom stereocenters. The van der Waals surface area contributed by atoms with Crippen LogP contribution >= 0.6 is 0 Å². The molecular weight excluding hydrogens is 350 g/mol. The number of fused-ring (bicyclic) bond motifs is 1. The lowest BCUT2D eigenvalue weighted by molar-refractivity contribution is -0.139. The molecule has 144 valence electrons. The van der Waals surface area contributed by atoms with Crippen molar-refractivity contribution in [3.63, 3.8) is 0 Å². The number of carboxylic acids is 1. The van der Waals surface area contributed by atoms with Crippen LogP contribution in [0.3, 0.4) is 0 Å². The quantitative estimate of drug-likeness (QED) is 0.854. The third-order valence-electron chi connectivity index (χ3n) is 4.82. The fourth-order valence-electron chi connectivity index (χ4n) is 3.52. The average molecular weight is 373 g/mol. The molecule has 0 fully saturated rings. The first-order chi connectivity index (χ1) is 12.9. The van der Waals surface area contributed by atoms with Crippen molar-refractivity contribution in [2.24, 2.45) is 0 Å². The van der Waals surface area contributed by atoms with E-state index in [0.29, 0.717) is 35.6 Å². The molecule has 1 N–H and O–H groups in total. The second-order valence-corrected chi connectivity index (χ2v) is 6.46. The molecule has 8 heteroatoms. The number of carboxylic acid groups (broad SMARTS) is 1. The number of aryl methyl sites for hydroxylation is 1. The van der Waals surface area contributed by atoms with Crippen molar-refractivity contribution in [2.45, 2.75) is 32.4 Å². The Morgan fingerprint density at radius 1 is 1.11 bits per heavy atom. The molecule has 1 aromatic heterocycles. The minimum absolute atomic E-state index is 0.304. The number of rotatable bonds is 5. The highest BCUT2D eigenvalue weighted by Gasteiger charge is 2.39. The lowest BCUT2D eigenvalue weighted by Crippen LogP contribution is -2.48. The number of carbonyl (C=O) groups is 1. The number of aromatic nitrogens is 2. The molecule has 1 aliphatic heterocycles. The fraction of sp³-hybridized carbons (Fsp3) is 0.421. The maximum Gasteiger partial charge on any atom is 0.327 e. The van der Waals surface area contributed by atoms with Crippen LogP contribution in [0, 0.1) is 6.92 Å². The predicted octanol–water partition coefficient (Wildman–Crippen LogP) is 2.39. The second-order valence-electron chi connectivity index (χ2n) is 6.46. The van der Waals surface area contributed by atoms with Crippen LogP contribution in [0.15, 0.2) is 18.2 Å². The van der Waals surface area contributed by atoms with Gasteiger partial charge in [-0.05, 0) is 30.2 Å². The SMILES string of the molecule is COc1cc(C)nc(N2Cc3cc(OC)c(OC)cc3C(C)C2C(=O)O)n1. The third kappa shape index (κ3) is 3.34. The monoisotopic (exact) mass is 373 g/mol. The molecule has 0 spiro atoms. The largest absolute Gasteiger partial charge is 0.493 e. The number of methoxy groups -OCH3 is 3. The van der Waals surface area contributed by atoms with Gasteiger partial charge in [0.15, 0.2) is 11.5 Å². The molecule has 0 radical (unpaired) electrons. The summed E-state index contributed by atoms with van der Waals surface area (Å²) < 4.78 is 16.0. The van der Waals surface area contributed by atoms with Gasteiger partial charge in [0, 0.05) is 24.2 Å². The molecule has 8 nitrogen and oxygen atoms in total. The van der Waals surface area contributed by atoms with E-state index >= 15 is 0 Å². The second kappa shape index (κ2) is 7.30. The van der Waals surface area contributed by atoms with Crippen LogP contribution in [-0.4, -0.2) is 48.4 Å². The summed E-state index contributed by atoms with van der Waals surface area (Å²) >= 11 is 0. The van der Waals surface area contributed by atoms with Crippen LogP contribution in [0.5, 0.6) is 17.4 Å². The maximum atomic E-state index is 12.1. The summed E-state index contributed by atoms with van der Waals surface area (Å²) in [7, 11) is 4.65. The van der Waals surface area contributed by atoms with Crippen molar-refractivity contribution in [1.29, 1.82) is 0 Å². The van der Waals surface area contributed by atoms with Crippen LogP contribution in [0.2, 0.25) is 0 Å². The van der Waals surface area contributed by atoms with Crippen molar-refractivity contribution >= 4 is 11.9 Å². The Morgan fingerprint density at radius 2 is 1.78 bits per heavy atom. The lowest BCUT2D eigenvalue weighted by atomic mass is 9.84. The van der Waals surface area contributed by atoms with Crippen LogP contribution < -0.4 is 19.1 Å². The van der Waals surface area contributed by atoms with Crippen molar-refractivity contribution in [2.75, 3.05) is 26.2 Å². The highest BCUT2D eigenvalue weighted by molar-refractivity contribution is 5.80. The van der Waals surface area contributed by atoms with Gasteiger partial charge in [0.1, 0.15) is 6.04 Å². The number of anilines is 1. The van der Waals surface area contributed by atoms with Gasteiger partial charge < -0.3 is 24.2 Å². The molecule has 2 aromatic rings. The number of nitrogens with zero attached hydrogens (tertiary/aromatic N) is 3.